The Balaban J connectivity index is 2.10. The number of hydrogen-bond donors (Lipinski definition) is 0. The summed E-state index contributed by atoms with van der Waals surface area (Å²) in [6.45, 7) is 1.82. The fourth-order valence-corrected chi connectivity index (χ4v) is 2.07. The molecule has 0 saturated heterocycles. The van der Waals surface area contributed by atoms with Crippen LogP contribution in [0, 0.1) is 5.82 Å². The van der Waals surface area contributed by atoms with Gasteiger partial charge in [-0.3, -0.25) is 4.79 Å². The molecule has 0 heterocycles. The lowest BCUT2D eigenvalue weighted by atomic mass is 10.1. The van der Waals surface area contributed by atoms with Crippen molar-refractivity contribution in [2.24, 2.45) is 0 Å². The highest BCUT2D eigenvalue weighted by atomic mass is 79.9. The van der Waals surface area contributed by atoms with Gasteiger partial charge in [0.25, 0.3) is 0 Å². The molecule has 0 aliphatic rings. The molecule has 4 heteroatoms. The van der Waals surface area contributed by atoms with Gasteiger partial charge in [-0.1, -0.05) is 34.1 Å². The van der Waals surface area contributed by atoms with Gasteiger partial charge in [0.05, 0.1) is 0 Å². The Bertz CT molecular complexity index is 611. The number of halogens is 2. The molecule has 0 bridgehead atoms. The molecule has 2 aromatic rings. The molecule has 0 amide bonds. The van der Waals surface area contributed by atoms with Crippen LogP contribution in [0.15, 0.2) is 46.9 Å². The maximum absolute atomic E-state index is 12.9. The van der Waals surface area contributed by atoms with E-state index < -0.39 is 0 Å². The van der Waals surface area contributed by atoms with Gasteiger partial charge in [-0.05, 0) is 31.2 Å². The third kappa shape index (κ3) is 3.64. The fourth-order valence-electron chi connectivity index (χ4n) is 1.60. The van der Waals surface area contributed by atoms with Gasteiger partial charge in [0.2, 0.25) is 0 Å². The summed E-state index contributed by atoms with van der Waals surface area (Å²) in [6.07, 6.45) is 0. The maximum Gasteiger partial charge on any atom is 0.159 e. The van der Waals surface area contributed by atoms with E-state index in [1.807, 2.05) is 0 Å². The topological polar surface area (TPSA) is 26.3 Å². The van der Waals surface area contributed by atoms with Gasteiger partial charge < -0.3 is 4.74 Å². The Kier molecular flexibility index (Phi) is 4.32. The maximum atomic E-state index is 12.9. The summed E-state index contributed by atoms with van der Waals surface area (Å²) in [5.41, 5.74) is 1.45. The minimum absolute atomic E-state index is 0.00610. The number of ether oxygens (including phenoxy) is 1. The van der Waals surface area contributed by atoms with Crippen LogP contribution < -0.4 is 4.74 Å². The number of hydrogen-bond acceptors (Lipinski definition) is 2. The molecule has 2 aromatic carbocycles. The Morgan fingerprint density at radius 1 is 1.26 bits per heavy atom. The predicted octanol–water partition coefficient (Wildman–Crippen LogP) is 4.37. The average molecular weight is 323 g/mol. The summed E-state index contributed by atoms with van der Waals surface area (Å²) < 4.78 is 19.2. The van der Waals surface area contributed by atoms with Gasteiger partial charge in [-0.15, -0.1) is 0 Å². The molecular formula is C15H12BrFO2. The van der Waals surface area contributed by atoms with Crippen molar-refractivity contribution >= 4 is 21.7 Å². The number of rotatable bonds is 4. The molecule has 0 unspecified atom stereocenters. The van der Waals surface area contributed by atoms with Gasteiger partial charge in [-0.2, -0.15) is 0 Å². The van der Waals surface area contributed by atoms with E-state index in [-0.39, 0.29) is 11.6 Å². The van der Waals surface area contributed by atoms with Crippen LogP contribution in [0.25, 0.3) is 0 Å². The Labute approximate surface area is 119 Å². The Morgan fingerprint density at radius 3 is 2.74 bits per heavy atom. The van der Waals surface area contributed by atoms with E-state index in [1.165, 1.54) is 19.1 Å². The molecule has 0 aliphatic heterocycles. The Morgan fingerprint density at radius 2 is 2.05 bits per heavy atom. The zero-order chi connectivity index (χ0) is 13.8. The van der Waals surface area contributed by atoms with Crippen LogP contribution in [0.4, 0.5) is 4.39 Å². The zero-order valence-corrected chi connectivity index (χ0v) is 11.9. The minimum Gasteiger partial charge on any atom is -0.489 e. The lowest BCUT2D eigenvalue weighted by molar-refractivity contribution is 0.101. The molecule has 0 spiro atoms. The molecule has 0 fully saturated rings. The van der Waals surface area contributed by atoms with Crippen LogP contribution in [0.2, 0.25) is 0 Å². The molecule has 2 rings (SSSR count). The van der Waals surface area contributed by atoms with Crippen molar-refractivity contribution in [1.29, 1.82) is 0 Å². The van der Waals surface area contributed by atoms with Crippen molar-refractivity contribution in [2.75, 3.05) is 0 Å². The quantitative estimate of drug-likeness (QED) is 0.781. The highest BCUT2D eigenvalue weighted by Gasteiger charge is 2.04. The normalized spacial score (nSPS) is 10.3. The van der Waals surface area contributed by atoms with E-state index in [0.717, 1.165) is 5.56 Å². The number of Topliss-reactive ketones (excluding diaryl/α,β-unsaturated/α-hetero) is 1. The van der Waals surface area contributed by atoms with Crippen molar-refractivity contribution in [2.45, 2.75) is 13.5 Å². The highest BCUT2D eigenvalue weighted by molar-refractivity contribution is 9.10. The molecular weight excluding hydrogens is 311 g/mol. The lowest BCUT2D eigenvalue weighted by Gasteiger charge is -2.08. The first-order valence-corrected chi connectivity index (χ1v) is 6.53. The smallest absolute Gasteiger partial charge is 0.159 e. The Hall–Kier alpha value is -1.68. The zero-order valence-electron chi connectivity index (χ0n) is 10.3. The number of carbonyl (C=O) groups is 1. The molecule has 0 saturated carbocycles. The van der Waals surface area contributed by atoms with Gasteiger partial charge >= 0.3 is 0 Å². The summed E-state index contributed by atoms with van der Waals surface area (Å²) in [5.74, 6) is 0.312. The van der Waals surface area contributed by atoms with Crippen LogP contribution in [0.5, 0.6) is 5.75 Å². The van der Waals surface area contributed by atoms with Crippen LogP contribution in [-0.2, 0) is 6.61 Å². The van der Waals surface area contributed by atoms with Gasteiger partial charge in [0.15, 0.2) is 5.78 Å². The van der Waals surface area contributed by atoms with E-state index in [1.54, 1.807) is 30.3 Å². The monoisotopic (exact) mass is 322 g/mol. The third-order valence-electron chi connectivity index (χ3n) is 2.65. The molecule has 0 atom stereocenters. The second kappa shape index (κ2) is 5.97. The summed E-state index contributed by atoms with van der Waals surface area (Å²) in [4.78, 5) is 11.3. The van der Waals surface area contributed by atoms with Gasteiger partial charge in [0, 0.05) is 15.6 Å². The lowest BCUT2D eigenvalue weighted by Crippen LogP contribution is -1.98. The number of benzene rings is 2. The molecule has 0 aromatic heterocycles. The number of carbonyl (C=O) groups excluding carboxylic acids is 1. The van der Waals surface area contributed by atoms with Gasteiger partial charge in [-0.25, -0.2) is 4.39 Å². The first-order valence-electron chi connectivity index (χ1n) is 5.74. The second-order valence-corrected chi connectivity index (χ2v) is 4.96. The van der Waals surface area contributed by atoms with E-state index in [2.05, 4.69) is 15.9 Å². The molecule has 2 nitrogen and oxygen atoms in total. The molecule has 0 radical (unpaired) electrons. The van der Waals surface area contributed by atoms with E-state index in [9.17, 15) is 9.18 Å². The van der Waals surface area contributed by atoms with Crippen molar-refractivity contribution in [3.05, 3.63) is 63.9 Å². The highest BCUT2D eigenvalue weighted by Crippen LogP contribution is 2.21. The van der Waals surface area contributed by atoms with E-state index >= 15 is 0 Å². The molecule has 0 aliphatic carbocycles. The third-order valence-corrected chi connectivity index (χ3v) is 3.39. The standard InChI is InChI=1S/C15H12BrFO2/c1-10(18)11-3-2-4-14(7-11)19-9-12-5-6-13(17)8-15(12)16/h2-8H,9H2,1H3. The SMILES string of the molecule is CC(=O)c1cccc(OCc2ccc(F)cc2Br)c1. The first-order chi connectivity index (χ1) is 9.06. The number of ketones is 1. The minimum atomic E-state index is -0.297. The van der Waals surface area contributed by atoms with Crippen LogP contribution in [0.1, 0.15) is 22.8 Å². The van der Waals surface area contributed by atoms with E-state index in [4.69, 9.17) is 4.74 Å². The van der Waals surface area contributed by atoms with E-state index in [0.29, 0.717) is 22.4 Å². The first kappa shape index (κ1) is 13.7. The van der Waals surface area contributed by atoms with Crippen LogP contribution in [0.3, 0.4) is 0 Å². The predicted molar refractivity (Wildman–Crippen MR) is 74.9 cm³/mol. The fraction of sp³-hybridized carbons (Fsp3) is 0.133. The molecule has 0 N–H and O–H groups in total. The van der Waals surface area contributed by atoms with Crippen molar-refractivity contribution < 1.29 is 13.9 Å². The summed E-state index contributed by atoms with van der Waals surface area (Å²) in [6, 6.07) is 11.4. The summed E-state index contributed by atoms with van der Waals surface area (Å²) in [7, 11) is 0. The summed E-state index contributed by atoms with van der Waals surface area (Å²) in [5, 5.41) is 0. The van der Waals surface area contributed by atoms with Crippen molar-refractivity contribution in [3.63, 3.8) is 0 Å². The van der Waals surface area contributed by atoms with Crippen molar-refractivity contribution in [1.82, 2.24) is 0 Å². The van der Waals surface area contributed by atoms with Crippen molar-refractivity contribution in [3.8, 4) is 5.75 Å². The largest absolute Gasteiger partial charge is 0.489 e. The van der Waals surface area contributed by atoms with Gasteiger partial charge in [0.1, 0.15) is 18.2 Å². The average Bonchev–Trinajstić information content (AvgIpc) is 2.38. The van der Waals surface area contributed by atoms with Crippen LogP contribution >= 0.6 is 15.9 Å². The second-order valence-electron chi connectivity index (χ2n) is 4.11. The molecule has 98 valence electrons. The molecule has 19 heavy (non-hydrogen) atoms. The van der Waals surface area contributed by atoms with Crippen LogP contribution in [-0.4, -0.2) is 5.78 Å². The summed E-state index contributed by atoms with van der Waals surface area (Å²) >= 11 is 3.28.